The third-order valence-electron chi connectivity index (χ3n) is 3.67. The van der Waals surface area contributed by atoms with Crippen molar-refractivity contribution in [2.75, 3.05) is 32.5 Å². The van der Waals surface area contributed by atoms with Gasteiger partial charge in [-0.1, -0.05) is 23.7 Å². The summed E-state index contributed by atoms with van der Waals surface area (Å²) in [5, 5.41) is 3.42. The molecule has 0 radical (unpaired) electrons. The van der Waals surface area contributed by atoms with E-state index in [0.717, 1.165) is 25.9 Å². The maximum atomic E-state index is 12.2. The largest absolute Gasteiger partial charge is 0.325 e. The van der Waals surface area contributed by atoms with Gasteiger partial charge in [0.05, 0.1) is 10.7 Å². The lowest BCUT2D eigenvalue weighted by molar-refractivity contribution is 0.156. The number of benzene rings is 1. The van der Waals surface area contributed by atoms with Crippen LogP contribution in [0.5, 0.6) is 0 Å². The second-order valence-electron chi connectivity index (χ2n) is 5.06. The smallest absolute Gasteiger partial charge is 0.321 e. The molecule has 2 amide bonds. The Kier molecular flexibility index (Phi) is 4.66. The normalized spacial score (nSPS) is 17.2. The third-order valence-corrected chi connectivity index (χ3v) is 4.00. The molecule has 0 saturated carbocycles. The zero-order valence-electron chi connectivity index (χ0n) is 11.4. The molecule has 0 bridgehead atoms. The second-order valence-corrected chi connectivity index (χ2v) is 5.46. The summed E-state index contributed by atoms with van der Waals surface area (Å²) < 4.78 is 0. The molecule has 1 saturated heterocycles. The first-order chi connectivity index (χ1) is 9.08. The van der Waals surface area contributed by atoms with Gasteiger partial charge in [-0.3, -0.25) is 0 Å². The van der Waals surface area contributed by atoms with Gasteiger partial charge >= 0.3 is 6.03 Å². The number of rotatable bonds is 2. The molecule has 1 aromatic carbocycles. The molecule has 104 valence electrons. The molecule has 1 N–H and O–H groups in total. The highest BCUT2D eigenvalue weighted by Gasteiger charge is 2.24. The Morgan fingerprint density at radius 2 is 2.00 bits per heavy atom. The van der Waals surface area contributed by atoms with Crippen LogP contribution in [0.15, 0.2) is 24.3 Å². The molecule has 5 heteroatoms. The molecular formula is C14H20ClN3O. The summed E-state index contributed by atoms with van der Waals surface area (Å²) in [6.07, 6.45) is 2.03. The molecule has 2 rings (SSSR count). The number of urea groups is 1. The molecule has 1 aliphatic rings. The van der Waals surface area contributed by atoms with Crippen molar-refractivity contribution in [3.05, 3.63) is 29.3 Å². The van der Waals surface area contributed by atoms with E-state index in [0.29, 0.717) is 16.8 Å². The number of hydrogen-bond acceptors (Lipinski definition) is 2. The number of likely N-dealkylation sites (tertiary alicyclic amines) is 1. The number of halogens is 1. The SMILES string of the molecule is CN1CCC(N(C)C(=O)Nc2ccccc2Cl)CC1. The van der Waals surface area contributed by atoms with Crippen LogP contribution in [-0.4, -0.2) is 49.1 Å². The van der Waals surface area contributed by atoms with E-state index in [-0.39, 0.29) is 6.03 Å². The topological polar surface area (TPSA) is 35.6 Å². The van der Waals surface area contributed by atoms with E-state index in [9.17, 15) is 4.79 Å². The number of nitrogens with zero attached hydrogens (tertiary/aromatic N) is 2. The van der Waals surface area contributed by atoms with Crippen molar-refractivity contribution in [2.24, 2.45) is 0 Å². The van der Waals surface area contributed by atoms with Crippen LogP contribution in [-0.2, 0) is 0 Å². The lowest BCUT2D eigenvalue weighted by atomic mass is 10.0. The van der Waals surface area contributed by atoms with Crippen molar-refractivity contribution >= 4 is 23.3 Å². The van der Waals surface area contributed by atoms with E-state index in [2.05, 4.69) is 17.3 Å². The van der Waals surface area contributed by atoms with Gasteiger partial charge in [0.15, 0.2) is 0 Å². The monoisotopic (exact) mass is 281 g/mol. The fraction of sp³-hybridized carbons (Fsp3) is 0.500. The van der Waals surface area contributed by atoms with Gasteiger partial charge in [-0.25, -0.2) is 4.79 Å². The number of para-hydroxylation sites is 1. The molecule has 0 aromatic heterocycles. The van der Waals surface area contributed by atoms with Gasteiger partial charge in [0.1, 0.15) is 0 Å². The highest BCUT2D eigenvalue weighted by molar-refractivity contribution is 6.33. The minimum atomic E-state index is -0.0948. The van der Waals surface area contributed by atoms with Gasteiger partial charge in [0.25, 0.3) is 0 Å². The molecule has 1 aliphatic heterocycles. The number of piperidine rings is 1. The lowest BCUT2D eigenvalue weighted by Gasteiger charge is -2.35. The molecule has 0 spiro atoms. The van der Waals surface area contributed by atoms with Crippen molar-refractivity contribution in [3.8, 4) is 0 Å². The molecule has 1 heterocycles. The van der Waals surface area contributed by atoms with Gasteiger partial charge in [-0.15, -0.1) is 0 Å². The molecule has 19 heavy (non-hydrogen) atoms. The van der Waals surface area contributed by atoms with Crippen LogP contribution in [0.1, 0.15) is 12.8 Å². The van der Waals surface area contributed by atoms with Gasteiger partial charge in [-0.2, -0.15) is 0 Å². The molecule has 0 atom stereocenters. The third kappa shape index (κ3) is 3.61. The predicted octanol–water partition coefficient (Wildman–Crippen LogP) is 2.90. The van der Waals surface area contributed by atoms with Crippen molar-refractivity contribution in [3.63, 3.8) is 0 Å². The average molecular weight is 282 g/mol. The Bertz CT molecular complexity index is 444. The van der Waals surface area contributed by atoms with Crippen LogP contribution >= 0.6 is 11.6 Å². The molecule has 0 unspecified atom stereocenters. The number of carbonyl (C=O) groups is 1. The highest BCUT2D eigenvalue weighted by atomic mass is 35.5. The van der Waals surface area contributed by atoms with E-state index in [1.54, 1.807) is 11.0 Å². The van der Waals surface area contributed by atoms with Crippen LogP contribution in [0.2, 0.25) is 5.02 Å². The fourth-order valence-corrected chi connectivity index (χ4v) is 2.50. The first kappa shape index (κ1) is 14.2. The lowest BCUT2D eigenvalue weighted by Crippen LogP contribution is -2.46. The average Bonchev–Trinajstić information content (AvgIpc) is 2.41. The number of carbonyl (C=O) groups excluding carboxylic acids is 1. The summed E-state index contributed by atoms with van der Waals surface area (Å²) in [7, 11) is 3.96. The first-order valence-electron chi connectivity index (χ1n) is 6.55. The number of anilines is 1. The number of nitrogens with one attached hydrogen (secondary N) is 1. The zero-order valence-corrected chi connectivity index (χ0v) is 12.2. The minimum absolute atomic E-state index is 0.0948. The molecule has 0 aliphatic carbocycles. The Balaban J connectivity index is 1.94. The van der Waals surface area contributed by atoms with Gasteiger partial charge in [-0.05, 0) is 45.1 Å². The summed E-state index contributed by atoms with van der Waals surface area (Å²) in [6, 6.07) is 7.49. The van der Waals surface area contributed by atoms with Crippen molar-refractivity contribution in [1.29, 1.82) is 0 Å². The Labute approximate surface area is 119 Å². The Hall–Kier alpha value is -1.26. The van der Waals surface area contributed by atoms with Crippen LogP contribution in [0.3, 0.4) is 0 Å². The molecule has 1 fully saturated rings. The van der Waals surface area contributed by atoms with E-state index in [1.807, 2.05) is 25.2 Å². The number of hydrogen-bond donors (Lipinski definition) is 1. The predicted molar refractivity (Wildman–Crippen MR) is 78.8 cm³/mol. The maximum Gasteiger partial charge on any atom is 0.321 e. The van der Waals surface area contributed by atoms with Crippen LogP contribution in [0.25, 0.3) is 0 Å². The summed E-state index contributed by atoms with van der Waals surface area (Å²) in [4.78, 5) is 16.3. The van der Waals surface area contributed by atoms with Crippen LogP contribution in [0, 0.1) is 0 Å². The molecular weight excluding hydrogens is 262 g/mol. The Morgan fingerprint density at radius 3 is 2.63 bits per heavy atom. The standard InChI is InChI=1S/C14H20ClN3O/c1-17-9-7-11(8-10-17)18(2)14(19)16-13-6-4-3-5-12(13)15/h3-6,11H,7-10H2,1-2H3,(H,16,19). The maximum absolute atomic E-state index is 12.2. The second kappa shape index (κ2) is 6.26. The summed E-state index contributed by atoms with van der Waals surface area (Å²) in [5.41, 5.74) is 0.661. The summed E-state index contributed by atoms with van der Waals surface area (Å²) in [5.74, 6) is 0. The van der Waals surface area contributed by atoms with E-state index in [4.69, 9.17) is 11.6 Å². The van der Waals surface area contributed by atoms with Gasteiger partial charge in [0, 0.05) is 13.1 Å². The van der Waals surface area contributed by atoms with Crippen LogP contribution < -0.4 is 5.32 Å². The summed E-state index contributed by atoms with van der Waals surface area (Å²) in [6.45, 7) is 2.07. The quantitative estimate of drug-likeness (QED) is 0.905. The Morgan fingerprint density at radius 1 is 1.37 bits per heavy atom. The molecule has 4 nitrogen and oxygen atoms in total. The van der Waals surface area contributed by atoms with Crippen molar-refractivity contribution in [2.45, 2.75) is 18.9 Å². The minimum Gasteiger partial charge on any atom is -0.325 e. The summed E-state index contributed by atoms with van der Waals surface area (Å²) >= 11 is 6.04. The van der Waals surface area contributed by atoms with E-state index in [1.165, 1.54) is 0 Å². The molecule has 1 aromatic rings. The fourth-order valence-electron chi connectivity index (χ4n) is 2.31. The first-order valence-corrected chi connectivity index (χ1v) is 6.92. The number of amides is 2. The highest BCUT2D eigenvalue weighted by Crippen LogP contribution is 2.22. The van der Waals surface area contributed by atoms with Crippen molar-refractivity contribution in [1.82, 2.24) is 9.80 Å². The van der Waals surface area contributed by atoms with Crippen LogP contribution in [0.4, 0.5) is 10.5 Å². The van der Waals surface area contributed by atoms with Gasteiger partial charge in [0.2, 0.25) is 0 Å². The van der Waals surface area contributed by atoms with Gasteiger partial charge < -0.3 is 15.1 Å². The zero-order chi connectivity index (χ0) is 13.8. The van der Waals surface area contributed by atoms with E-state index >= 15 is 0 Å². The van der Waals surface area contributed by atoms with Crippen molar-refractivity contribution < 1.29 is 4.79 Å². The van der Waals surface area contributed by atoms with E-state index < -0.39 is 0 Å².